The van der Waals surface area contributed by atoms with E-state index in [4.69, 9.17) is 32.5 Å². The Bertz CT molecular complexity index is 740. The molecular weight excluding hydrogens is 553 g/mol. The third kappa shape index (κ3) is 10.3. The Hall–Kier alpha value is 0.110. The van der Waals surface area contributed by atoms with E-state index in [1.807, 2.05) is 0 Å². The number of hydrogen-bond donors (Lipinski definition) is 9. The van der Waals surface area contributed by atoms with Crippen LogP contribution in [-0.2, 0) is 4.79 Å². The first-order chi connectivity index (χ1) is 19.3. The Balaban J connectivity index is 0.00000111. The van der Waals surface area contributed by atoms with Crippen LogP contribution < -0.4 is 51.9 Å². The van der Waals surface area contributed by atoms with Gasteiger partial charge in [0.05, 0.1) is 38.1 Å². The van der Waals surface area contributed by atoms with Gasteiger partial charge in [-0.15, -0.1) is 0 Å². The van der Waals surface area contributed by atoms with Crippen LogP contribution in [0.15, 0.2) is 0 Å². The summed E-state index contributed by atoms with van der Waals surface area (Å²) in [4.78, 5) is 11.0. The molecular formula is C30H60N3NaO8. The molecule has 11 nitrogen and oxygen atoms in total. The Morgan fingerprint density at radius 3 is 1.88 bits per heavy atom. The largest absolute Gasteiger partial charge is 1.00 e. The average Bonchev–Trinajstić information content (AvgIpc) is 3.32. The van der Waals surface area contributed by atoms with Gasteiger partial charge in [-0.2, -0.15) is 0 Å². The van der Waals surface area contributed by atoms with E-state index >= 15 is 0 Å². The van der Waals surface area contributed by atoms with Gasteiger partial charge >= 0.3 is 29.6 Å². The molecule has 0 spiro atoms. The molecule has 0 aliphatic heterocycles. The van der Waals surface area contributed by atoms with E-state index in [1.54, 1.807) is 0 Å². The molecule has 0 saturated heterocycles. The molecule has 4 fully saturated rings. The SMILES string of the molecule is C[C@H](CCC(=O)[O-])[C@H]1CC[C@H]2[C@@H]3[C@H](O)C[C@@H]4C[C@H](O)CC[C@]4(C)[C@H]3C[C@H](O)[C@]12C.NCCO.NCCO.NCCO.[Na+]. The van der Waals surface area contributed by atoms with Crippen molar-refractivity contribution in [1.29, 1.82) is 0 Å². The summed E-state index contributed by atoms with van der Waals surface area (Å²) in [6, 6.07) is 0. The normalized spacial score (nSPS) is 38.7. The Morgan fingerprint density at radius 1 is 0.881 bits per heavy atom. The van der Waals surface area contributed by atoms with Gasteiger partial charge in [0.25, 0.3) is 0 Å². The molecule has 0 radical (unpaired) electrons. The number of carbonyl (C=O) groups is 1. The van der Waals surface area contributed by atoms with E-state index in [2.05, 4.69) is 20.8 Å². The number of carboxylic acid groups (broad SMARTS) is 1. The number of rotatable bonds is 7. The second kappa shape index (κ2) is 20.3. The Morgan fingerprint density at radius 2 is 1.40 bits per heavy atom. The first-order valence-corrected chi connectivity index (χ1v) is 15.5. The zero-order valence-corrected chi connectivity index (χ0v) is 28.5. The number of nitrogens with two attached hydrogens (primary N) is 3. The van der Waals surface area contributed by atoms with Crippen molar-refractivity contribution in [2.75, 3.05) is 39.5 Å². The van der Waals surface area contributed by atoms with Crippen molar-refractivity contribution in [1.82, 2.24) is 0 Å². The molecule has 42 heavy (non-hydrogen) atoms. The number of carboxylic acids is 1. The monoisotopic (exact) mass is 613 g/mol. The third-order valence-corrected chi connectivity index (χ3v) is 10.7. The number of hydrogen-bond acceptors (Lipinski definition) is 11. The van der Waals surface area contributed by atoms with Crippen LogP contribution in [0.2, 0.25) is 0 Å². The van der Waals surface area contributed by atoms with Gasteiger partial charge in [0.15, 0.2) is 0 Å². The Labute approximate surface area is 274 Å². The van der Waals surface area contributed by atoms with Gasteiger partial charge in [0.1, 0.15) is 0 Å². The van der Waals surface area contributed by atoms with Crippen molar-refractivity contribution in [3.8, 4) is 0 Å². The fraction of sp³-hybridized carbons (Fsp3) is 0.967. The minimum Gasteiger partial charge on any atom is -0.550 e. The number of aliphatic hydroxyl groups excluding tert-OH is 6. The standard InChI is InChI=1S/C24H40O5.3C2H7NO.Na/c1-13(4-7-21(28)29)16-5-6-17-22-18(12-20(27)24(16,17)3)23(2)9-8-15(25)10-14(23)11-19(22)26;3*3-1-2-4;/h13-20,22,25-27H,4-12H2,1-3H3,(H,28,29);3*4H,1-3H2;/q;;;;+1/p-1/t13-,14+,15-,16-,17+,18+,19-,20+,22+,23+,24-;;;;/m1..../s1. The van der Waals surface area contributed by atoms with Gasteiger partial charge in [0, 0.05) is 25.6 Å². The van der Waals surface area contributed by atoms with E-state index < -0.39 is 12.1 Å². The van der Waals surface area contributed by atoms with Gasteiger partial charge < -0.3 is 57.7 Å². The number of aliphatic carboxylic acids is 1. The number of aliphatic hydroxyl groups is 6. The maximum Gasteiger partial charge on any atom is 1.00 e. The summed E-state index contributed by atoms with van der Waals surface area (Å²) in [6.07, 6.45) is 5.72. The van der Waals surface area contributed by atoms with E-state index in [0.29, 0.717) is 37.9 Å². The van der Waals surface area contributed by atoms with Crippen LogP contribution in [0.1, 0.15) is 78.6 Å². The summed E-state index contributed by atoms with van der Waals surface area (Å²) in [5.41, 5.74) is 14.2. The molecule has 244 valence electrons. The topological polar surface area (TPSA) is 240 Å². The molecule has 0 amide bonds. The summed E-state index contributed by atoms with van der Waals surface area (Å²) in [7, 11) is 0. The maximum absolute atomic E-state index is 11.5. The molecule has 4 rings (SSSR count). The number of carbonyl (C=O) groups excluding carboxylic acids is 1. The van der Waals surface area contributed by atoms with Crippen LogP contribution in [0, 0.1) is 46.3 Å². The van der Waals surface area contributed by atoms with Crippen molar-refractivity contribution in [3.63, 3.8) is 0 Å². The molecule has 11 atom stereocenters. The van der Waals surface area contributed by atoms with Gasteiger partial charge in [-0.25, -0.2) is 0 Å². The molecule has 12 heteroatoms. The first-order valence-electron chi connectivity index (χ1n) is 15.5. The molecule has 0 aromatic carbocycles. The predicted octanol–water partition coefficient (Wildman–Crippen LogP) is -4.07. The van der Waals surface area contributed by atoms with Crippen molar-refractivity contribution < 1.29 is 70.1 Å². The molecule has 0 aromatic heterocycles. The molecule has 0 aromatic rings. The van der Waals surface area contributed by atoms with Crippen molar-refractivity contribution >= 4 is 5.97 Å². The van der Waals surface area contributed by atoms with E-state index in [1.165, 1.54) is 0 Å². The quantitative estimate of drug-likeness (QED) is 0.125. The van der Waals surface area contributed by atoms with E-state index in [9.17, 15) is 25.2 Å². The summed E-state index contributed by atoms with van der Waals surface area (Å²) in [5.74, 6) is 0.635. The average molecular weight is 614 g/mol. The third-order valence-electron chi connectivity index (χ3n) is 10.7. The molecule has 12 N–H and O–H groups in total. The number of fused-ring (bicyclic) bond motifs is 5. The summed E-state index contributed by atoms with van der Waals surface area (Å²) < 4.78 is 0. The van der Waals surface area contributed by atoms with Crippen LogP contribution in [0.25, 0.3) is 0 Å². The summed E-state index contributed by atoms with van der Waals surface area (Å²) >= 11 is 0. The van der Waals surface area contributed by atoms with Crippen LogP contribution in [-0.4, -0.2) is 94.4 Å². The van der Waals surface area contributed by atoms with Gasteiger partial charge in [0.2, 0.25) is 0 Å². The second-order valence-corrected chi connectivity index (χ2v) is 13.0. The minimum absolute atomic E-state index is 0. The van der Waals surface area contributed by atoms with Crippen LogP contribution in [0.5, 0.6) is 0 Å². The summed E-state index contributed by atoms with van der Waals surface area (Å²) in [6.45, 7) is 8.09. The smallest absolute Gasteiger partial charge is 0.550 e. The van der Waals surface area contributed by atoms with Crippen molar-refractivity contribution in [3.05, 3.63) is 0 Å². The van der Waals surface area contributed by atoms with E-state index in [0.717, 1.165) is 44.9 Å². The Kier molecular flexibility index (Phi) is 20.3. The maximum atomic E-state index is 11.5. The van der Waals surface area contributed by atoms with Crippen LogP contribution >= 0.6 is 0 Å². The first kappa shape index (κ1) is 42.1. The second-order valence-electron chi connectivity index (χ2n) is 13.0. The van der Waals surface area contributed by atoms with Crippen molar-refractivity contribution in [2.24, 2.45) is 63.5 Å². The van der Waals surface area contributed by atoms with Gasteiger partial charge in [-0.3, -0.25) is 0 Å². The fourth-order valence-corrected chi connectivity index (χ4v) is 8.68. The zero-order chi connectivity index (χ0) is 31.4. The molecule has 4 aliphatic rings. The molecule has 0 heterocycles. The summed E-state index contributed by atoms with van der Waals surface area (Å²) in [5, 5.41) is 67.1. The van der Waals surface area contributed by atoms with Crippen molar-refractivity contribution in [2.45, 2.75) is 96.9 Å². The van der Waals surface area contributed by atoms with Gasteiger partial charge in [-0.1, -0.05) is 20.8 Å². The predicted molar refractivity (Wildman–Crippen MR) is 156 cm³/mol. The van der Waals surface area contributed by atoms with Crippen LogP contribution in [0.3, 0.4) is 0 Å². The van der Waals surface area contributed by atoms with E-state index in [-0.39, 0.29) is 103 Å². The zero-order valence-electron chi connectivity index (χ0n) is 26.5. The molecule has 4 saturated carbocycles. The minimum atomic E-state index is -0.998. The molecule has 4 aliphatic carbocycles. The molecule has 0 bridgehead atoms. The van der Waals surface area contributed by atoms with Gasteiger partial charge in [-0.05, 0) is 104 Å². The fourth-order valence-electron chi connectivity index (χ4n) is 8.68. The molecule has 0 unspecified atom stereocenters. The van der Waals surface area contributed by atoms with Crippen LogP contribution in [0.4, 0.5) is 0 Å².